The quantitative estimate of drug-likeness (QED) is 0.351. The Bertz CT molecular complexity index is 1700. The number of imide groups is 1. The third kappa shape index (κ3) is 4.94. The number of nitrogens with one attached hydrogen (secondary N) is 2. The van der Waals surface area contributed by atoms with Gasteiger partial charge < -0.3 is 0 Å². The minimum absolute atomic E-state index is 0.0236. The first-order valence-corrected chi connectivity index (χ1v) is 14.0. The summed E-state index contributed by atoms with van der Waals surface area (Å²) < 4.78 is 36.9. The predicted octanol–water partition coefficient (Wildman–Crippen LogP) is 3.70. The predicted molar refractivity (Wildman–Crippen MR) is 143 cm³/mol. The van der Waals surface area contributed by atoms with E-state index in [1.807, 2.05) is 20.8 Å². The standard InChI is InChI=1S/C27H24N4O5S2/c1-27(2,3)17-6-8-18(9-7-17)38(35,36)31-26(34)20(16-5-11-22-23(14-16)30-37-29-22)12-15-4-10-19-21(13-15)25(33)28-24(19)32/h4-11,13-14,20H,12H2,1-3H3,(H,31,34)(H,28,32,33). The van der Waals surface area contributed by atoms with Crippen molar-refractivity contribution < 1.29 is 22.8 Å². The Morgan fingerprint density at radius 1 is 0.921 bits per heavy atom. The van der Waals surface area contributed by atoms with Crippen LogP contribution >= 0.6 is 11.7 Å². The maximum absolute atomic E-state index is 13.5. The Hall–Kier alpha value is -3.96. The first kappa shape index (κ1) is 25.7. The molecule has 11 heteroatoms. The van der Waals surface area contributed by atoms with Crippen LogP contribution in [0.2, 0.25) is 0 Å². The summed E-state index contributed by atoms with van der Waals surface area (Å²) in [6, 6.07) is 16.3. The second-order valence-electron chi connectivity index (χ2n) is 10.2. The van der Waals surface area contributed by atoms with Crippen LogP contribution in [0.15, 0.2) is 65.6 Å². The van der Waals surface area contributed by atoms with Gasteiger partial charge in [-0.2, -0.15) is 8.75 Å². The van der Waals surface area contributed by atoms with E-state index in [-0.39, 0.29) is 27.9 Å². The zero-order valence-corrected chi connectivity index (χ0v) is 22.4. The second kappa shape index (κ2) is 9.41. The first-order chi connectivity index (χ1) is 17.9. The molecule has 2 heterocycles. The SMILES string of the molecule is CC(C)(C)c1ccc(S(=O)(=O)NC(=O)C(Cc2ccc3c(c2)C(=O)NC3=O)c2ccc3nsnc3c2)cc1. The third-order valence-corrected chi connectivity index (χ3v) is 8.42. The minimum atomic E-state index is -4.16. The maximum Gasteiger partial charge on any atom is 0.264 e. The van der Waals surface area contributed by atoms with Gasteiger partial charge in [0.1, 0.15) is 11.0 Å². The Kier molecular flexibility index (Phi) is 6.36. The van der Waals surface area contributed by atoms with E-state index in [9.17, 15) is 22.8 Å². The molecule has 5 rings (SSSR count). The highest BCUT2D eigenvalue weighted by Gasteiger charge is 2.30. The number of amides is 3. The molecular weight excluding hydrogens is 524 g/mol. The minimum Gasteiger partial charge on any atom is -0.288 e. The Morgan fingerprint density at radius 3 is 2.32 bits per heavy atom. The second-order valence-corrected chi connectivity index (χ2v) is 12.4. The van der Waals surface area contributed by atoms with Gasteiger partial charge in [-0.25, -0.2) is 13.1 Å². The fourth-order valence-corrected chi connectivity index (χ4v) is 5.89. The molecule has 1 atom stereocenters. The number of sulfonamides is 1. The summed E-state index contributed by atoms with van der Waals surface area (Å²) >= 11 is 1.04. The van der Waals surface area contributed by atoms with E-state index in [0.717, 1.165) is 17.3 Å². The van der Waals surface area contributed by atoms with Gasteiger partial charge in [0.25, 0.3) is 21.8 Å². The van der Waals surface area contributed by atoms with Crippen molar-refractivity contribution in [3.05, 3.63) is 88.5 Å². The number of benzene rings is 3. The van der Waals surface area contributed by atoms with Crippen molar-refractivity contribution in [3.8, 4) is 0 Å². The third-order valence-electron chi connectivity index (χ3n) is 6.50. The summed E-state index contributed by atoms with van der Waals surface area (Å²) in [5, 5.41) is 2.25. The number of rotatable bonds is 6. The van der Waals surface area contributed by atoms with Crippen molar-refractivity contribution >= 4 is 50.5 Å². The zero-order chi connectivity index (χ0) is 27.2. The van der Waals surface area contributed by atoms with Crippen LogP contribution in [0.5, 0.6) is 0 Å². The molecule has 194 valence electrons. The molecule has 38 heavy (non-hydrogen) atoms. The molecule has 0 bridgehead atoms. The van der Waals surface area contributed by atoms with Crippen molar-refractivity contribution in [2.75, 3.05) is 0 Å². The number of fused-ring (bicyclic) bond motifs is 2. The molecule has 2 N–H and O–H groups in total. The van der Waals surface area contributed by atoms with Crippen LogP contribution in [0.1, 0.15) is 64.1 Å². The van der Waals surface area contributed by atoms with Crippen LogP contribution in [-0.4, -0.2) is 34.9 Å². The van der Waals surface area contributed by atoms with Gasteiger partial charge in [-0.15, -0.1) is 0 Å². The normalized spacial score (nSPS) is 14.3. The van der Waals surface area contributed by atoms with E-state index >= 15 is 0 Å². The number of aromatic nitrogens is 2. The topological polar surface area (TPSA) is 135 Å². The van der Waals surface area contributed by atoms with E-state index in [4.69, 9.17) is 0 Å². The Morgan fingerprint density at radius 2 is 1.61 bits per heavy atom. The van der Waals surface area contributed by atoms with Crippen LogP contribution < -0.4 is 10.0 Å². The fourth-order valence-electron chi connectivity index (χ4n) is 4.35. The van der Waals surface area contributed by atoms with Crippen molar-refractivity contribution in [1.29, 1.82) is 0 Å². The highest BCUT2D eigenvalue weighted by molar-refractivity contribution is 7.90. The summed E-state index contributed by atoms with van der Waals surface area (Å²) in [6.45, 7) is 6.07. The molecule has 9 nitrogen and oxygen atoms in total. The first-order valence-electron chi connectivity index (χ1n) is 11.8. The van der Waals surface area contributed by atoms with E-state index in [1.54, 1.807) is 42.5 Å². The number of carbonyl (C=O) groups is 3. The molecule has 1 unspecified atom stereocenters. The molecule has 4 aromatic rings. The van der Waals surface area contributed by atoms with E-state index in [2.05, 4.69) is 18.8 Å². The lowest BCUT2D eigenvalue weighted by molar-refractivity contribution is -0.120. The highest BCUT2D eigenvalue weighted by atomic mass is 32.2. The van der Waals surface area contributed by atoms with E-state index < -0.39 is 33.7 Å². The molecule has 0 saturated carbocycles. The summed E-state index contributed by atoms with van der Waals surface area (Å²) in [6.07, 6.45) is 0.0855. The van der Waals surface area contributed by atoms with Crippen molar-refractivity contribution in [1.82, 2.24) is 18.8 Å². The number of carbonyl (C=O) groups excluding carboxylic acids is 3. The van der Waals surface area contributed by atoms with Gasteiger partial charge in [-0.05, 0) is 64.9 Å². The monoisotopic (exact) mass is 548 g/mol. The number of nitrogens with zero attached hydrogens (tertiary/aromatic N) is 2. The van der Waals surface area contributed by atoms with Gasteiger partial charge in [0.2, 0.25) is 5.91 Å². The summed E-state index contributed by atoms with van der Waals surface area (Å²) in [7, 11) is -4.16. The smallest absolute Gasteiger partial charge is 0.264 e. The largest absolute Gasteiger partial charge is 0.288 e. The average molecular weight is 549 g/mol. The molecule has 0 spiro atoms. The number of hydrogen-bond acceptors (Lipinski definition) is 8. The van der Waals surface area contributed by atoms with Crippen molar-refractivity contribution in [3.63, 3.8) is 0 Å². The molecule has 0 fully saturated rings. The molecule has 1 aromatic heterocycles. The van der Waals surface area contributed by atoms with Crippen LogP contribution in [0, 0.1) is 0 Å². The van der Waals surface area contributed by atoms with Gasteiger partial charge in [0.15, 0.2) is 0 Å². The molecule has 3 amide bonds. The van der Waals surface area contributed by atoms with Gasteiger partial charge >= 0.3 is 0 Å². The average Bonchev–Trinajstić information content (AvgIpc) is 3.45. The molecule has 1 aliphatic heterocycles. The lowest BCUT2D eigenvalue weighted by atomic mass is 9.87. The molecule has 3 aromatic carbocycles. The van der Waals surface area contributed by atoms with Crippen LogP contribution in [0.4, 0.5) is 0 Å². The van der Waals surface area contributed by atoms with Crippen molar-refractivity contribution in [2.45, 2.75) is 43.4 Å². The molecule has 1 aliphatic rings. The Balaban J connectivity index is 1.48. The van der Waals surface area contributed by atoms with Gasteiger partial charge in [-0.1, -0.05) is 45.0 Å². The van der Waals surface area contributed by atoms with Gasteiger partial charge in [0, 0.05) is 0 Å². The summed E-state index contributed by atoms with van der Waals surface area (Å²) in [4.78, 5) is 37.6. The maximum atomic E-state index is 13.5. The highest BCUT2D eigenvalue weighted by Crippen LogP contribution is 2.28. The summed E-state index contributed by atoms with van der Waals surface area (Å²) in [5.41, 5.74) is 3.68. The molecule has 0 radical (unpaired) electrons. The molecule has 0 saturated heterocycles. The lowest BCUT2D eigenvalue weighted by Crippen LogP contribution is -2.35. The zero-order valence-electron chi connectivity index (χ0n) is 20.8. The fraction of sp³-hybridized carbons (Fsp3) is 0.222. The van der Waals surface area contributed by atoms with Gasteiger partial charge in [-0.3, -0.25) is 19.7 Å². The lowest BCUT2D eigenvalue weighted by Gasteiger charge is -2.20. The number of hydrogen-bond donors (Lipinski definition) is 2. The van der Waals surface area contributed by atoms with Crippen molar-refractivity contribution in [2.24, 2.45) is 0 Å². The van der Waals surface area contributed by atoms with Crippen LogP contribution in [0.3, 0.4) is 0 Å². The van der Waals surface area contributed by atoms with Crippen LogP contribution in [-0.2, 0) is 26.7 Å². The van der Waals surface area contributed by atoms with E-state index in [1.165, 1.54) is 18.2 Å². The molecular formula is C27H24N4O5S2. The molecule has 0 aliphatic carbocycles. The van der Waals surface area contributed by atoms with Gasteiger partial charge in [0.05, 0.1) is 33.7 Å². The summed E-state index contributed by atoms with van der Waals surface area (Å²) in [5.74, 6) is -2.64. The van der Waals surface area contributed by atoms with Crippen LogP contribution in [0.25, 0.3) is 11.0 Å². The van der Waals surface area contributed by atoms with E-state index in [0.29, 0.717) is 22.2 Å². The Labute approximate surface area is 223 Å².